The average Bonchev–Trinajstić information content (AvgIpc) is 2.22. The maximum absolute atomic E-state index is 9.22. The van der Waals surface area contributed by atoms with Crippen LogP contribution in [0, 0.1) is 0 Å². The molecule has 0 saturated carbocycles. The van der Waals surface area contributed by atoms with Gasteiger partial charge in [-0.25, -0.2) is 0 Å². The van der Waals surface area contributed by atoms with E-state index in [1.807, 2.05) is 0 Å². The molecule has 0 saturated heterocycles. The van der Waals surface area contributed by atoms with Gasteiger partial charge in [0.25, 0.3) is 0 Å². The van der Waals surface area contributed by atoms with Crippen LogP contribution in [0.3, 0.4) is 0 Å². The molecule has 86 valence electrons. The molecule has 0 rings (SSSR count). The average molecular weight is 208 g/mol. The highest BCUT2D eigenvalue weighted by Crippen LogP contribution is 2.08. The van der Waals surface area contributed by atoms with E-state index in [2.05, 4.69) is 0 Å². The van der Waals surface area contributed by atoms with Crippen molar-refractivity contribution in [2.45, 2.75) is 44.0 Å². The Morgan fingerprint density at radius 1 is 0.714 bits per heavy atom. The van der Waals surface area contributed by atoms with Crippen molar-refractivity contribution in [3.8, 4) is 0 Å². The monoisotopic (exact) mass is 208 g/mol. The van der Waals surface area contributed by atoms with E-state index in [4.69, 9.17) is 20.4 Å². The van der Waals surface area contributed by atoms with Crippen molar-refractivity contribution >= 4 is 0 Å². The zero-order valence-corrected chi connectivity index (χ0v) is 8.21. The van der Waals surface area contributed by atoms with Crippen molar-refractivity contribution in [1.29, 1.82) is 0 Å². The summed E-state index contributed by atoms with van der Waals surface area (Å²) in [5.74, 6) is 0. The first kappa shape index (κ1) is 13.8. The van der Waals surface area contributed by atoms with Gasteiger partial charge in [0.2, 0.25) is 0 Å². The predicted octanol–water partition coefficient (Wildman–Crippen LogP) is -1.39. The fraction of sp³-hybridized carbons (Fsp3) is 1.00. The van der Waals surface area contributed by atoms with Crippen molar-refractivity contribution in [2.24, 2.45) is 0 Å². The first-order valence-corrected chi connectivity index (χ1v) is 4.87. The zero-order valence-electron chi connectivity index (χ0n) is 8.21. The molecule has 0 aliphatic carbocycles. The molecule has 5 heteroatoms. The fourth-order valence-corrected chi connectivity index (χ4v) is 1.14. The molecule has 0 spiro atoms. The number of unbranched alkanes of at least 4 members (excludes halogenated alkanes) is 1. The maximum Gasteiger partial charge on any atom is 0.103 e. The van der Waals surface area contributed by atoms with Crippen molar-refractivity contribution < 1.29 is 25.5 Å². The molecular formula is C9H20O5. The lowest BCUT2D eigenvalue weighted by Gasteiger charge is -2.15. The van der Waals surface area contributed by atoms with Crippen molar-refractivity contribution in [3.05, 3.63) is 0 Å². The van der Waals surface area contributed by atoms with Gasteiger partial charge in [-0.1, -0.05) is 12.8 Å². The van der Waals surface area contributed by atoms with Gasteiger partial charge in [0.15, 0.2) is 0 Å². The first-order valence-electron chi connectivity index (χ1n) is 4.87. The molecule has 0 aliphatic rings. The smallest absolute Gasteiger partial charge is 0.103 e. The van der Waals surface area contributed by atoms with Crippen LogP contribution in [0.5, 0.6) is 0 Å². The quantitative estimate of drug-likeness (QED) is 0.316. The largest absolute Gasteiger partial charge is 0.394 e. The molecule has 14 heavy (non-hydrogen) atoms. The third-order valence-electron chi connectivity index (χ3n) is 2.13. The molecule has 0 radical (unpaired) electrons. The third-order valence-corrected chi connectivity index (χ3v) is 2.13. The standard InChI is InChI=1S/C9H20O5/c10-5-7(12)3-1-2-4-8(13)9(14)6-11/h7-14H,1-6H2. The highest BCUT2D eigenvalue weighted by molar-refractivity contribution is 4.66. The number of hydrogen-bond donors (Lipinski definition) is 5. The van der Waals surface area contributed by atoms with Crippen LogP contribution in [0.1, 0.15) is 25.7 Å². The Bertz CT molecular complexity index is 130. The van der Waals surface area contributed by atoms with Gasteiger partial charge in [0, 0.05) is 0 Å². The van der Waals surface area contributed by atoms with E-state index in [9.17, 15) is 5.11 Å². The Balaban J connectivity index is 3.35. The summed E-state index contributed by atoms with van der Waals surface area (Å²) in [5.41, 5.74) is 0. The van der Waals surface area contributed by atoms with Gasteiger partial charge in [0.1, 0.15) is 6.10 Å². The molecule has 5 N–H and O–H groups in total. The van der Waals surface area contributed by atoms with Gasteiger partial charge in [0.05, 0.1) is 25.4 Å². The molecule has 0 aromatic heterocycles. The molecule has 0 fully saturated rings. The second-order valence-electron chi connectivity index (χ2n) is 3.44. The summed E-state index contributed by atoms with van der Waals surface area (Å²) in [6, 6.07) is 0. The predicted molar refractivity (Wildman–Crippen MR) is 50.7 cm³/mol. The normalized spacial score (nSPS) is 17.8. The van der Waals surface area contributed by atoms with E-state index in [1.54, 1.807) is 0 Å². The van der Waals surface area contributed by atoms with Crippen LogP contribution >= 0.6 is 0 Å². The van der Waals surface area contributed by atoms with Gasteiger partial charge in [-0.3, -0.25) is 0 Å². The number of aliphatic hydroxyl groups is 5. The molecule has 5 nitrogen and oxygen atoms in total. The van der Waals surface area contributed by atoms with Crippen LogP contribution in [0.15, 0.2) is 0 Å². The molecule has 3 atom stereocenters. The van der Waals surface area contributed by atoms with E-state index in [0.29, 0.717) is 25.7 Å². The first-order chi connectivity index (χ1) is 6.61. The lowest BCUT2D eigenvalue weighted by atomic mass is 10.0. The molecule has 0 aromatic carbocycles. The van der Waals surface area contributed by atoms with Crippen LogP contribution in [0.25, 0.3) is 0 Å². The SMILES string of the molecule is OCC(O)CCCCC(O)C(O)CO. The lowest BCUT2D eigenvalue weighted by Crippen LogP contribution is -2.29. The molecule has 0 heterocycles. The summed E-state index contributed by atoms with van der Waals surface area (Å²) >= 11 is 0. The molecule has 0 bridgehead atoms. The fourth-order valence-electron chi connectivity index (χ4n) is 1.14. The highest BCUT2D eigenvalue weighted by Gasteiger charge is 2.14. The second-order valence-corrected chi connectivity index (χ2v) is 3.44. The van der Waals surface area contributed by atoms with E-state index in [1.165, 1.54) is 0 Å². The third kappa shape index (κ3) is 6.28. The molecule has 0 aromatic rings. The van der Waals surface area contributed by atoms with E-state index in [-0.39, 0.29) is 6.61 Å². The minimum absolute atomic E-state index is 0.248. The minimum atomic E-state index is -1.09. The zero-order chi connectivity index (χ0) is 11.0. The Labute approximate surface area is 83.6 Å². The summed E-state index contributed by atoms with van der Waals surface area (Å²) in [6.45, 7) is -0.692. The number of rotatable bonds is 8. The number of hydrogen-bond acceptors (Lipinski definition) is 5. The van der Waals surface area contributed by atoms with Gasteiger partial charge in [-0.15, -0.1) is 0 Å². The highest BCUT2D eigenvalue weighted by atomic mass is 16.4. The Hall–Kier alpha value is -0.200. The van der Waals surface area contributed by atoms with Crippen molar-refractivity contribution in [1.82, 2.24) is 0 Å². The van der Waals surface area contributed by atoms with Crippen LogP contribution < -0.4 is 0 Å². The van der Waals surface area contributed by atoms with E-state index >= 15 is 0 Å². The summed E-state index contributed by atoms with van der Waals surface area (Å²) in [6.07, 6.45) is -0.496. The molecule has 3 unspecified atom stereocenters. The Morgan fingerprint density at radius 3 is 1.79 bits per heavy atom. The van der Waals surface area contributed by atoms with E-state index in [0.717, 1.165) is 0 Å². The summed E-state index contributed by atoms with van der Waals surface area (Å²) in [7, 11) is 0. The van der Waals surface area contributed by atoms with Crippen molar-refractivity contribution in [3.63, 3.8) is 0 Å². The maximum atomic E-state index is 9.22. The van der Waals surface area contributed by atoms with Gasteiger partial charge in [-0.05, 0) is 12.8 Å². The minimum Gasteiger partial charge on any atom is -0.394 e. The molecule has 0 amide bonds. The Kier molecular flexibility index (Phi) is 8.02. The van der Waals surface area contributed by atoms with Crippen LogP contribution in [-0.2, 0) is 0 Å². The number of aliphatic hydroxyl groups excluding tert-OH is 5. The van der Waals surface area contributed by atoms with Crippen LogP contribution in [0.4, 0.5) is 0 Å². The van der Waals surface area contributed by atoms with Gasteiger partial charge >= 0.3 is 0 Å². The van der Waals surface area contributed by atoms with Gasteiger partial charge in [-0.2, -0.15) is 0 Å². The Morgan fingerprint density at radius 2 is 1.29 bits per heavy atom. The van der Waals surface area contributed by atoms with Gasteiger partial charge < -0.3 is 25.5 Å². The van der Waals surface area contributed by atoms with Crippen molar-refractivity contribution in [2.75, 3.05) is 13.2 Å². The topological polar surface area (TPSA) is 101 Å². The van der Waals surface area contributed by atoms with Crippen LogP contribution in [0.2, 0.25) is 0 Å². The lowest BCUT2D eigenvalue weighted by molar-refractivity contribution is -0.0190. The second kappa shape index (κ2) is 8.14. The summed E-state index contributed by atoms with van der Waals surface area (Å²) in [4.78, 5) is 0. The van der Waals surface area contributed by atoms with E-state index < -0.39 is 24.9 Å². The summed E-state index contributed by atoms with van der Waals surface area (Å²) in [5, 5.41) is 44.2. The summed E-state index contributed by atoms with van der Waals surface area (Å²) < 4.78 is 0. The molecular weight excluding hydrogens is 188 g/mol. The van der Waals surface area contributed by atoms with Crippen LogP contribution in [-0.4, -0.2) is 57.1 Å². The molecule has 0 aliphatic heterocycles.